The highest BCUT2D eigenvalue weighted by Crippen LogP contribution is 2.23. The maximum Gasteiger partial charge on any atom is 0.254 e. The number of benzene rings is 1. The van der Waals surface area contributed by atoms with Crippen molar-refractivity contribution in [3.05, 3.63) is 50.9 Å². The molecule has 26 heavy (non-hydrogen) atoms. The first-order valence-electron chi connectivity index (χ1n) is 8.67. The van der Waals surface area contributed by atoms with Crippen LogP contribution in [0, 0.1) is 20.8 Å². The van der Waals surface area contributed by atoms with Gasteiger partial charge in [0.2, 0.25) is 0 Å². The molecule has 138 valence electrons. The highest BCUT2D eigenvalue weighted by molar-refractivity contribution is 6.35. The van der Waals surface area contributed by atoms with Gasteiger partial charge in [0.05, 0.1) is 0 Å². The van der Waals surface area contributed by atoms with E-state index in [1.54, 1.807) is 18.2 Å². The number of carbonyl (C=O) groups excluding carboxylic acids is 1. The second-order valence-corrected chi connectivity index (χ2v) is 7.47. The van der Waals surface area contributed by atoms with Crippen molar-refractivity contribution in [3.8, 4) is 0 Å². The number of hydrogen-bond donors (Lipinski definition) is 0. The molecule has 1 saturated heterocycles. The van der Waals surface area contributed by atoms with Crippen LogP contribution in [0.25, 0.3) is 0 Å². The van der Waals surface area contributed by atoms with Crippen LogP contribution in [-0.2, 0) is 0 Å². The fraction of sp³-hybridized carbons (Fsp3) is 0.421. The molecule has 0 unspecified atom stereocenters. The zero-order valence-electron chi connectivity index (χ0n) is 15.2. The second kappa shape index (κ2) is 7.80. The number of nitrogens with zero attached hydrogens (tertiary/aromatic N) is 4. The Hall–Kier alpha value is -1.85. The first kappa shape index (κ1) is 18.9. The van der Waals surface area contributed by atoms with Gasteiger partial charge in [-0.15, -0.1) is 0 Å². The molecule has 0 radical (unpaired) electrons. The number of rotatable bonds is 2. The normalized spacial score (nSPS) is 15.1. The molecule has 1 aliphatic rings. The number of carbonyl (C=O) groups is 1. The predicted octanol–water partition coefficient (Wildman–Crippen LogP) is 4.06. The average molecular weight is 393 g/mol. The maximum absolute atomic E-state index is 12.8. The van der Waals surface area contributed by atoms with Crippen molar-refractivity contribution in [2.45, 2.75) is 27.2 Å². The number of amides is 1. The number of aryl methyl sites for hydroxylation is 2. The molecule has 1 fully saturated rings. The van der Waals surface area contributed by atoms with Gasteiger partial charge in [-0.2, -0.15) is 0 Å². The fourth-order valence-electron chi connectivity index (χ4n) is 3.25. The summed E-state index contributed by atoms with van der Waals surface area (Å²) in [6.45, 7) is 8.88. The Kier molecular flexibility index (Phi) is 5.68. The second-order valence-electron chi connectivity index (χ2n) is 6.60. The molecule has 1 aromatic heterocycles. The van der Waals surface area contributed by atoms with Gasteiger partial charge < -0.3 is 9.80 Å². The quantitative estimate of drug-likeness (QED) is 0.772. The minimum atomic E-state index is -0.0389. The third kappa shape index (κ3) is 4.10. The number of anilines is 1. The molecule has 1 amide bonds. The van der Waals surface area contributed by atoms with Gasteiger partial charge in [-0.05, 0) is 45.4 Å². The summed E-state index contributed by atoms with van der Waals surface area (Å²) in [4.78, 5) is 26.0. The van der Waals surface area contributed by atoms with Gasteiger partial charge >= 0.3 is 0 Å². The van der Waals surface area contributed by atoms with Crippen LogP contribution in [0.3, 0.4) is 0 Å². The van der Waals surface area contributed by atoms with E-state index in [1.807, 2.05) is 25.7 Å². The topological polar surface area (TPSA) is 49.3 Å². The van der Waals surface area contributed by atoms with Crippen LogP contribution in [-0.4, -0.2) is 47.0 Å². The zero-order valence-corrected chi connectivity index (χ0v) is 16.7. The van der Waals surface area contributed by atoms with E-state index in [9.17, 15) is 4.79 Å². The Morgan fingerprint density at radius 1 is 0.962 bits per heavy atom. The van der Waals surface area contributed by atoms with E-state index in [4.69, 9.17) is 23.2 Å². The van der Waals surface area contributed by atoms with Gasteiger partial charge in [0.1, 0.15) is 11.6 Å². The molecule has 0 aliphatic carbocycles. The third-order valence-electron chi connectivity index (χ3n) is 4.67. The van der Waals surface area contributed by atoms with E-state index in [0.717, 1.165) is 42.4 Å². The van der Waals surface area contributed by atoms with Gasteiger partial charge in [-0.1, -0.05) is 23.2 Å². The molecule has 5 nitrogen and oxygen atoms in total. The van der Waals surface area contributed by atoms with Crippen molar-refractivity contribution in [1.82, 2.24) is 14.9 Å². The maximum atomic E-state index is 12.8. The summed E-state index contributed by atoms with van der Waals surface area (Å²) in [5.74, 6) is 1.70. The summed E-state index contributed by atoms with van der Waals surface area (Å²) < 4.78 is 0. The number of halogens is 2. The molecule has 0 atom stereocenters. The van der Waals surface area contributed by atoms with Gasteiger partial charge in [0.25, 0.3) is 5.91 Å². The number of aromatic nitrogens is 2. The molecule has 0 N–H and O–H groups in total. The smallest absolute Gasteiger partial charge is 0.254 e. The monoisotopic (exact) mass is 392 g/mol. The molecule has 2 aromatic rings. The van der Waals surface area contributed by atoms with Gasteiger partial charge in [0.15, 0.2) is 0 Å². The first-order chi connectivity index (χ1) is 12.3. The Labute approximate surface area is 163 Å². The largest absolute Gasteiger partial charge is 0.354 e. The molecule has 1 aromatic carbocycles. The summed E-state index contributed by atoms with van der Waals surface area (Å²) in [6.07, 6.45) is 0.877. The first-order valence-corrected chi connectivity index (χ1v) is 9.43. The lowest BCUT2D eigenvalue weighted by Crippen LogP contribution is -2.35. The molecule has 0 saturated carbocycles. The van der Waals surface area contributed by atoms with Crippen molar-refractivity contribution in [2.24, 2.45) is 0 Å². The molecule has 3 rings (SSSR count). The lowest BCUT2D eigenvalue weighted by atomic mass is 10.2. The van der Waals surface area contributed by atoms with Crippen molar-refractivity contribution in [3.63, 3.8) is 0 Å². The highest BCUT2D eigenvalue weighted by Gasteiger charge is 2.23. The third-order valence-corrected chi connectivity index (χ3v) is 5.10. The minimum absolute atomic E-state index is 0.0389. The summed E-state index contributed by atoms with van der Waals surface area (Å²) in [5.41, 5.74) is 2.62. The summed E-state index contributed by atoms with van der Waals surface area (Å²) in [6, 6.07) is 4.96. The van der Waals surface area contributed by atoms with E-state index in [1.165, 1.54) is 0 Å². The van der Waals surface area contributed by atoms with Gasteiger partial charge in [-0.3, -0.25) is 4.79 Å². The SMILES string of the molecule is Cc1nc(C)c(C)c(N2CCCN(C(=O)c3cc(Cl)cc(Cl)c3)CC2)n1. The van der Waals surface area contributed by atoms with Crippen LogP contribution < -0.4 is 4.90 Å². The molecule has 7 heteroatoms. The molecule has 2 heterocycles. The standard InChI is InChI=1S/C19H22Cl2N4O/c1-12-13(2)22-14(3)23-18(12)24-5-4-6-25(8-7-24)19(26)15-9-16(20)11-17(21)10-15/h9-11H,4-8H2,1-3H3. The molecule has 0 bridgehead atoms. The summed E-state index contributed by atoms with van der Waals surface area (Å²) >= 11 is 12.1. The Balaban J connectivity index is 1.77. The Morgan fingerprint density at radius 3 is 2.35 bits per heavy atom. The van der Waals surface area contributed by atoms with Crippen LogP contribution in [0.15, 0.2) is 18.2 Å². The van der Waals surface area contributed by atoms with E-state index in [-0.39, 0.29) is 5.91 Å². The van der Waals surface area contributed by atoms with Crippen LogP contribution in [0.5, 0.6) is 0 Å². The lowest BCUT2D eigenvalue weighted by Gasteiger charge is -2.25. The minimum Gasteiger partial charge on any atom is -0.354 e. The number of hydrogen-bond acceptors (Lipinski definition) is 4. The Bertz CT molecular complexity index is 820. The fourth-order valence-corrected chi connectivity index (χ4v) is 3.78. The highest BCUT2D eigenvalue weighted by atomic mass is 35.5. The van der Waals surface area contributed by atoms with Crippen molar-refractivity contribution < 1.29 is 4.79 Å². The van der Waals surface area contributed by atoms with Crippen molar-refractivity contribution >= 4 is 34.9 Å². The van der Waals surface area contributed by atoms with E-state index in [2.05, 4.69) is 14.9 Å². The zero-order chi connectivity index (χ0) is 18.8. The van der Waals surface area contributed by atoms with Gasteiger partial charge in [-0.25, -0.2) is 9.97 Å². The Morgan fingerprint density at radius 2 is 1.65 bits per heavy atom. The molecule has 0 spiro atoms. The predicted molar refractivity (Wildman–Crippen MR) is 105 cm³/mol. The lowest BCUT2D eigenvalue weighted by molar-refractivity contribution is 0.0767. The van der Waals surface area contributed by atoms with E-state index in [0.29, 0.717) is 28.7 Å². The molecule has 1 aliphatic heterocycles. The average Bonchev–Trinajstić information content (AvgIpc) is 2.82. The molecular formula is C19H22Cl2N4O. The van der Waals surface area contributed by atoms with E-state index >= 15 is 0 Å². The van der Waals surface area contributed by atoms with Crippen LogP contribution in [0.4, 0.5) is 5.82 Å². The van der Waals surface area contributed by atoms with Crippen LogP contribution in [0.2, 0.25) is 10.0 Å². The van der Waals surface area contributed by atoms with Gasteiger partial charge in [0, 0.05) is 53.0 Å². The summed E-state index contributed by atoms with van der Waals surface area (Å²) in [5, 5.41) is 0.944. The van der Waals surface area contributed by atoms with Crippen LogP contribution >= 0.6 is 23.2 Å². The van der Waals surface area contributed by atoms with Crippen LogP contribution in [0.1, 0.15) is 33.9 Å². The summed E-state index contributed by atoms with van der Waals surface area (Å²) in [7, 11) is 0. The van der Waals surface area contributed by atoms with Crippen molar-refractivity contribution in [1.29, 1.82) is 0 Å². The van der Waals surface area contributed by atoms with Crippen molar-refractivity contribution in [2.75, 3.05) is 31.1 Å². The molecular weight excluding hydrogens is 371 g/mol. The van der Waals surface area contributed by atoms with E-state index < -0.39 is 0 Å².